The zero-order chi connectivity index (χ0) is 23.3. The van der Waals surface area contributed by atoms with Gasteiger partial charge in [-0.05, 0) is 53.8 Å². The van der Waals surface area contributed by atoms with Gasteiger partial charge in [0.2, 0.25) is 11.8 Å². The highest BCUT2D eigenvalue weighted by Crippen LogP contribution is 2.36. The number of aromatic nitrogens is 2. The van der Waals surface area contributed by atoms with Gasteiger partial charge in [-0.25, -0.2) is 0 Å². The van der Waals surface area contributed by atoms with Crippen LogP contribution >= 0.6 is 0 Å². The molecule has 0 aliphatic carbocycles. The summed E-state index contributed by atoms with van der Waals surface area (Å²) in [6, 6.07) is 11.0. The molecule has 1 atom stereocenters. The lowest BCUT2D eigenvalue weighted by molar-refractivity contribution is -0.136. The van der Waals surface area contributed by atoms with E-state index in [1.165, 1.54) is 0 Å². The van der Waals surface area contributed by atoms with Crippen LogP contribution in [0.4, 0.5) is 0 Å². The molecule has 2 aliphatic heterocycles. The first kappa shape index (κ1) is 21.1. The predicted octanol–water partition coefficient (Wildman–Crippen LogP) is 2.32. The van der Waals surface area contributed by atoms with E-state index in [1.807, 2.05) is 44.3 Å². The van der Waals surface area contributed by atoms with Gasteiger partial charge in [0.1, 0.15) is 6.04 Å². The Hall–Kier alpha value is -3.78. The van der Waals surface area contributed by atoms with Crippen molar-refractivity contribution in [1.29, 1.82) is 0 Å². The van der Waals surface area contributed by atoms with E-state index < -0.39 is 11.9 Å². The molecule has 2 aromatic carbocycles. The quantitative estimate of drug-likeness (QED) is 0.601. The third kappa shape index (κ3) is 3.52. The van der Waals surface area contributed by atoms with Gasteiger partial charge < -0.3 is 10.0 Å². The number of nitrogens with zero attached hydrogens (tertiary/aromatic N) is 3. The summed E-state index contributed by atoms with van der Waals surface area (Å²) in [5.74, 6) is -0.905. The SMILES string of the molecule is Cc1ccc(-c2c(-c3ccc4c(c3)CN(C3CCC(=O)NC3=O)C4=O)cnn2C)cc1CO. The minimum absolute atomic E-state index is 0.0377. The van der Waals surface area contributed by atoms with E-state index in [-0.39, 0.29) is 24.8 Å². The summed E-state index contributed by atoms with van der Waals surface area (Å²) in [4.78, 5) is 38.3. The zero-order valence-electron chi connectivity index (χ0n) is 18.5. The van der Waals surface area contributed by atoms with E-state index >= 15 is 0 Å². The molecule has 168 valence electrons. The minimum atomic E-state index is -0.635. The first-order valence-corrected chi connectivity index (χ1v) is 10.9. The van der Waals surface area contributed by atoms with E-state index in [2.05, 4.69) is 10.4 Å². The topological polar surface area (TPSA) is 105 Å². The number of hydrogen-bond acceptors (Lipinski definition) is 5. The van der Waals surface area contributed by atoms with Crippen molar-refractivity contribution in [2.45, 2.75) is 39.0 Å². The number of imide groups is 1. The summed E-state index contributed by atoms with van der Waals surface area (Å²) in [6.45, 7) is 2.25. The fourth-order valence-electron chi connectivity index (χ4n) is 4.72. The molecule has 8 nitrogen and oxygen atoms in total. The molecule has 2 aliphatic rings. The number of benzene rings is 2. The Morgan fingerprint density at radius 1 is 1.09 bits per heavy atom. The van der Waals surface area contributed by atoms with Crippen LogP contribution in [0.3, 0.4) is 0 Å². The minimum Gasteiger partial charge on any atom is -0.392 e. The van der Waals surface area contributed by atoms with Crippen LogP contribution in [0.1, 0.15) is 39.9 Å². The summed E-state index contributed by atoms with van der Waals surface area (Å²) in [5, 5.41) is 16.5. The number of carbonyl (C=O) groups excluding carboxylic acids is 3. The summed E-state index contributed by atoms with van der Waals surface area (Å²) in [5.41, 5.74) is 7.00. The molecule has 1 aromatic heterocycles. The number of amides is 3. The van der Waals surface area contributed by atoms with Crippen LogP contribution in [0, 0.1) is 6.92 Å². The number of nitrogens with one attached hydrogen (secondary N) is 1. The van der Waals surface area contributed by atoms with Gasteiger partial charge in [-0.15, -0.1) is 0 Å². The molecule has 0 spiro atoms. The Morgan fingerprint density at radius 3 is 2.64 bits per heavy atom. The monoisotopic (exact) mass is 444 g/mol. The first-order chi connectivity index (χ1) is 15.9. The van der Waals surface area contributed by atoms with Crippen molar-refractivity contribution in [3.05, 3.63) is 64.8 Å². The molecule has 1 fully saturated rings. The summed E-state index contributed by atoms with van der Waals surface area (Å²) >= 11 is 0. The van der Waals surface area contributed by atoms with Crippen molar-refractivity contribution in [2.24, 2.45) is 7.05 Å². The number of hydrogen-bond donors (Lipinski definition) is 2. The summed E-state index contributed by atoms with van der Waals surface area (Å²) < 4.78 is 1.80. The van der Waals surface area contributed by atoms with Crippen LogP contribution in [-0.4, -0.2) is 43.6 Å². The molecule has 0 saturated carbocycles. The maximum atomic E-state index is 13.0. The average Bonchev–Trinajstić information content (AvgIpc) is 3.34. The largest absolute Gasteiger partial charge is 0.392 e. The van der Waals surface area contributed by atoms with Gasteiger partial charge in [0, 0.05) is 36.7 Å². The van der Waals surface area contributed by atoms with Gasteiger partial charge in [-0.1, -0.05) is 18.2 Å². The van der Waals surface area contributed by atoms with Gasteiger partial charge in [-0.2, -0.15) is 5.10 Å². The third-order valence-electron chi connectivity index (χ3n) is 6.57. The number of aliphatic hydroxyl groups excluding tert-OH is 1. The van der Waals surface area contributed by atoms with E-state index in [0.717, 1.165) is 39.1 Å². The second-order valence-electron chi connectivity index (χ2n) is 8.60. The molecular formula is C25H24N4O4. The lowest BCUT2D eigenvalue weighted by atomic mass is 9.96. The van der Waals surface area contributed by atoms with Crippen molar-refractivity contribution in [3.8, 4) is 22.4 Å². The van der Waals surface area contributed by atoms with Crippen LogP contribution < -0.4 is 5.32 Å². The fourth-order valence-corrected chi connectivity index (χ4v) is 4.72. The van der Waals surface area contributed by atoms with E-state index in [4.69, 9.17) is 0 Å². The number of piperidine rings is 1. The number of carbonyl (C=O) groups is 3. The molecule has 3 aromatic rings. The third-order valence-corrected chi connectivity index (χ3v) is 6.57. The highest BCUT2D eigenvalue weighted by atomic mass is 16.3. The Labute approximate surface area is 190 Å². The van der Waals surface area contributed by atoms with Crippen LogP contribution in [0.25, 0.3) is 22.4 Å². The van der Waals surface area contributed by atoms with Crippen LogP contribution in [0.5, 0.6) is 0 Å². The highest BCUT2D eigenvalue weighted by molar-refractivity contribution is 6.05. The van der Waals surface area contributed by atoms with Crippen molar-refractivity contribution in [3.63, 3.8) is 0 Å². The average molecular weight is 444 g/mol. The van der Waals surface area contributed by atoms with Gasteiger partial charge in [0.05, 0.1) is 18.5 Å². The molecule has 3 heterocycles. The van der Waals surface area contributed by atoms with E-state index in [1.54, 1.807) is 21.8 Å². The lowest BCUT2D eigenvalue weighted by Crippen LogP contribution is -2.52. The standard InChI is InChI=1S/C25H24N4O4/c1-14-3-4-16(10-18(14)13-30)23-20(11-26-28(23)2)15-5-6-19-17(9-15)12-29(25(19)33)21-7-8-22(31)27-24(21)32/h3-6,9-11,21,30H,7-8,12-13H2,1-2H3,(H,27,31,32). The molecule has 8 heteroatoms. The van der Waals surface area contributed by atoms with Crippen molar-refractivity contribution >= 4 is 17.7 Å². The normalized spacial score (nSPS) is 18.0. The summed E-state index contributed by atoms with van der Waals surface area (Å²) in [6.07, 6.45) is 2.36. The van der Waals surface area contributed by atoms with Gasteiger partial charge in [0.25, 0.3) is 5.91 Å². The maximum Gasteiger partial charge on any atom is 0.255 e. The molecular weight excluding hydrogens is 420 g/mol. The molecule has 1 saturated heterocycles. The molecule has 0 bridgehead atoms. The number of aryl methyl sites for hydroxylation is 2. The second-order valence-corrected chi connectivity index (χ2v) is 8.60. The predicted molar refractivity (Wildman–Crippen MR) is 121 cm³/mol. The van der Waals surface area contributed by atoms with Gasteiger partial charge in [-0.3, -0.25) is 24.4 Å². The Bertz CT molecular complexity index is 1310. The molecule has 2 N–H and O–H groups in total. The highest BCUT2D eigenvalue weighted by Gasteiger charge is 2.39. The number of rotatable bonds is 4. The molecule has 0 radical (unpaired) electrons. The van der Waals surface area contributed by atoms with E-state index in [0.29, 0.717) is 18.5 Å². The first-order valence-electron chi connectivity index (χ1n) is 10.9. The number of fused-ring (bicyclic) bond motifs is 1. The van der Waals surface area contributed by atoms with Crippen LogP contribution in [0.2, 0.25) is 0 Å². The van der Waals surface area contributed by atoms with Gasteiger partial charge in [0.15, 0.2) is 0 Å². The van der Waals surface area contributed by atoms with Crippen molar-refractivity contribution in [1.82, 2.24) is 20.0 Å². The Balaban J connectivity index is 1.50. The molecule has 33 heavy (non-hydrogen) atoms. The fraction of sp³-hybridized carbons (Fsp3) is 0.280. The van der Waals surface area contributed by atoms with Crippen LogP contribution in [0.15, 0.2) is 42.6 Å². The van der Waals surface area contributed by atoms with Crippen LogP contribution in [-0.2, 0) is 29.8 Å². The summed E-state index contributed by atoms with van der Waals surface area (Å²) in [7, 11) is 1.87. The van der Waals surface area contributed by atoms with Crippen molar-refractivity contribution < 1.29 is 19.5 Å². The van der Waals surface area contributed by atoms with E-state index in [9.17, 15) is 19.5 Å². The lowest BCUT2D eigenvalue weighted by Gasteiger charge is -2.29. The Kier molecular flexibility index (Phi) is 5.09. The Morgan fingerprint density at radius 2 is 1.88 bits per heavy atom. The molecule has 5 rings (SSSR count). The van der Waals surface area contributed by atoms with Crippen molar-refractivity contribution in [2.75, 3.05) is 0 Å². The molecule has 3 amide bonds. The molecule has 1 unspecified atom stereocenters. The second kappa shape index (κ2) is 7.97. The maximum absolute atomic E-state index is 13.0. The smallest absolute Gasteiger partial charge is 0.255 e. The van der Waals surface area contributed by atoms with Gasteiger partial charge >= 0.3 is 0 Å². The number of aliphatic hydroxyl groups is 1. The zero-order valence-corrected chi connectivity index (χ0v) is 18.5.